The van der Waals surface area contributed by atoms with Crippen LogP contribution in [0.1, 0.15) is 17.2 Å². The zero-order chi connectivity index (χ0) is 20.5. The molecule has 1 atom stereocenters. The lowest BCUT2D eigenvalue weighted by Gasteiger charge is -2.26. The first-order valence-corrected chi connectivity index (χ1v) is 11.2. The molecule has 1 saturated heterocycles. The molecule has 0 aromatic heterocycles. The molecule has 0 aliphatic carbocycles. The summed E-state index contributed by atoms with van der Waals surface area (Å²) in [5.74, 6) is 0.542. The second kappa shape index (κ2) is 11.2. The Labute approximate surface area is 180 Å². The van der Waals surface area contributed by atoms with E-state index < -0.39 is 0 Å². The molecule has 2 aromatic carbocycles. The van der Waals surface area contributed by atoms with Crippen molar-refractivity contribution in [2.75, 3.05) is 37.8 Å². The van der Waals surface area contributed by atoms with Crippen molar-refractivity contribution in [2.24, 2.45) is 0 Å². The summed E-state index contributed by atoms with van der Waals surface area (Å²) in [5, 5.41) is 3.80. The first-order valence-electron chi connectivity index (χ1n) is 9.64. The molecule has 5 nitrogen and oxygen atoms in total. The molecular formula is C22H25ClN2O3S. The Hall–Kier alpha value is -2.02. The Morgan fingerprint density at radius 1 is 1.03 bits per heavy atom. The van der Waals surface area contributed by atoms with Gasteiger partial charge in [0.1, 0.15) is 0 Å². The van der Waals surface area contributed by atoms with E-state index >= 15 is 0 Å². The topological polar surface area (TPSA) is 58.6 Å². The van der Waals surface area contributed by atoms with Crippen LogP contribution in [0.25, 0.3) is 0 Å². The fraction of sp³-hybridized carbons (Fsp3) is 0.364. The van der Waals surface area contributed by atoms with E-state index in [2.05, 4.69) is 5.32 Å². The van der Waals surface area contributed by atoms with Gasteiger partial charge in [-0.1, -0.05) is 54.1 Å². The van der Waals surface area contributed by atoms with Crippen LogP contribution in [-0.2, 0) is 20.7 Å². The Bertz CT molecular complexity index is 795. The largest absolute Gasteiger partial charge is 0.378 e. The average Bonchev–Trinajstić information content (AvgIpc) is 2.76. The van der Waals surface area contributed by atoms with Crippen molar-refractivity contribution in [3.8, 4) is 0 Å². The summed E-state index contributed by atoms with van der Waals surface area (Å²) in [4.78, 5) is 26.5. The minimum Gasteiger partial charge on any atom is -0.378 e. The maximum absolute atomic E-state index is 12.5. The third-order valence-corrected chi connectivity index (χ3v) is 5.88. The number of morpholine rings is 1. The normalized spacial score (nSPS) is 15.0. The lowest BCUT2D eigenvalue weighted by molar-refractivity contribution is -0.132. The van der Waals surface area contributed by atoms with Crippen molar-refractivity contribution < 1.29 is 14.3 Å². The first-order chi connectivity index (χ1) is 14.1. The number of carbonyl (C=O) groups is 2. The van der Waals surface area contributed by atoms with Crippen LogP contribution in [0.2, 0.25) is 5.02 Å². The standard InChI is InChI=1S/C22H25ClN2O3S/c23-19-8-6-17(7-9-19)14-20(18-4-2-1-3-5-18)24-21(26)15-29-16-22(27)25-10-12-28-13-11-25/h1-9,20H,10-16H2,(H,24,26). The SMILES string of the molecule is O=C(CSCC(=O)N1CCOCC1)NC(Cc1ccc(Cl)cc1)c1ccccc1. The molecular weight excluding hydrogens is 408 g/mol. The predicted octanol–water partition coefficient (Wildman–Crippen LogP) is 3.33. The van der Waals surface area contributed by atoms with Crippen molar-refractivity contribution in [1.29, 1.82) is 0 Å². The molecule has 0 radical (unpaired) electrons. The van der Waals surface area contributed by atoms with E-state index in [1.807, 2.05) is 54.6 Å². The number of amides is 2. The van der Waals surface area contributed by atoms with Crippen molar-refractivity contribution in [3.05, 3.63) is 70.7 Å². The highest BCUT2D eigenvalue weighted by Gasteiger charge is 2.18. The number of carbonyl (C=O) groups excluding carboxylic acids is 2. The molecule has 1 aliphatic rings. The van der Waals surface area contributed by atoms with E-state index in [0.717, 1.165) is 11.1 Å². The van der Waals surface area contributed by atoms with Crippen LogP contribution in [0.5, 0.6) is 0 Å². The second-order valence-corrected chi connectivity index (χ2v) is 8.27. The van der Waals surface area contributed by atoms with Crippen LogP contribution < -0.4 is 5.32 Å². The number of benzene rings is 2. The predicted molar refractivity (Wildman–Crippen MR) is 117 cm³/mol. The summed E-state index contributed by atoms with van der Waals surface area (Å²) in [6, 6.07) is 17.4. The molecule has 1 unspecified atom stereocenters. The lowest BCUT2D eigenvalue weighted by Crippen LogP contribution is -2.41. The Balaban J connectivity index is 1.53. The first kappa shape index (κ1) is 21.7. The van der Waals surface area contributed by atoms with E-state index in [0.29, 0.717) is 43.5 Å². The molecule has 2 amide bonds. The molecule has 7 heteroatoms. The maximum Gasteiger partial charge on any atom is 0.232 e. The summed E-state index contributed by atoms with van der Waals surface area (Å²) in [6.07, 6.45) is 0.671. The van der Waals surface area contributed by atoms with Gasteiger partial charge in [0.25, 0.3) is 0 Å². The average molecular weight is 433 g/mol. The van der Waals surface area contributed by atoms with Gasteiger partial charge in [-0.2, -0.15) is 0 Å². The summed E-state index contributed by atoms with van der Waals surface area (Å²) in [6.45, 7) is 2.42. The van der Waals surface area contributed by atoms with Gasteiger partial charge in [0.05, 0.1) is 30.8 Å². The zero-order valence-corrected chi connectivity index (χ0v) is 17.8. The molecule has 2 aromatic rings. The summed E-state index contributed by atoms with van der Waals surface area (Å²) in [7, 11) is 0. The highest BCUT2D eigenvalue weighted by Crippen LogP contribution is 2.20. The highest BCUT2D eigenvalue weighted by molar-refractivity contribution is 8.00. The van der Waals surface area contributed by atoms with E-state index in [1.54, 1.807) is 4.90 Å². The molecule has 0 bridgehead atoms. The monoisotopic (exact) mass is 432 g/mol. The number of rotatable bonds is 8. The number of nitrogens with one attached hydrogen (secondary N) is 1. The van der Waals surface area contributed by atoms with Gasteiger partial charge in [-0.3, -0.25) is 9.59 Å². The Kier molecular flexibility index (Phi) is 8.40. The molecule has 0 saturated carbocycles. The smallest absolute Gasteiger partial charge is 0.232 e. The van der Waals surface area contributed by atoms with Gasteiger partial charge in [0.15, 0.2) is 0 Å². The number of nitrogens with zero attached hydrogens (tertiary/aromatic N) is 1. The van der Waals surface area contributed by atoms with Crippen LogP contribution in [0.4, 0.5) is 0 Å². The minimum absolute atomic E-state index is 0.0619. The molecule has 3 rings (SSSR count). The number of ether oxygens (including phenoxy) is 1. The number of hydrogen-bond acceptors (Lipinski definition) is 4. The second-order valence-electron chi connectivity index (χ2n) is 6.85. The summed E-state index contributed by atoms with van der Waals surface area (Å²) >= 11 is 7.33. The van der Waals surface area contributed by atoms with Crippen molar-refractivity contribution in [2.45, 2.75) is 12.5 Å². The number of hydrogen-bond donors (Lipinski definition) is 1. The van der Waals surface area contributed by atoms with Crippen LogP contribution in [0.15, 0.2) is 54.6 Å². The quantitative estimate of drug-likeness (QED) is 0.695. The summed E-state index contributed by atoms with van der Waals surface area (Å²) in [5.41, 5.74) is 2.14. The van der Waals surface area contributed by atoms with Crippen LogP contribution in [-0.4, -0.2) is 54.5 Å². The van der Waals surface area contributed by atoms with Crippen molar-refractivity contribution in [1.82, 2.24) is 10.2 Å². The molecule has 1 fully saturated rings. The van der Waals surface area contributed by atoms with Gasteiger partial charge < -0.3 is 15.0 Å². The van der Waals surface area contributed by atoms with Crippen LogP contribution >= 0.6 is 23.4 Å². The third kappa shape index (κ3) is 7.07. The zero-order valence-electron chi connectivity index (χ0n) is 16.2. The fourth-order valence-electron chi connectivity index (χ4n) is 3.16. The van der Waals surface area contributed by atoms with Crippen molar-refractivity contribution in [3.63, 3.8) is 0 Å². The van der Waals surface area contributed by atoms with Gasteiger partial charge in [0, 0.05) is 18.1 Å². The molecule has 1 N–H and O–H groups in total. The van der Waals surface area contributed by atoms with Crippen molar-refractivity contribution >= 4 is 35.2 Å². The molecule has 1 heterocycles. The van der Waals surface area contributed by atoms with Crippen LogP contribution in [0.3, 0.4) is 0 Å². The molecule has 1 aliphatic heterocycles. The van der Waals surface area contributed by atoms with Crippen LogP contribution in [0, 0.1) is 0 Å². The molecule has 0 spiro atoms. The number of thioether (sulfide) groups is 1. The van der Waals surface area contributed by atoms with E-state index in [-0.39, 0.29) is 23.6 Å². The third-order valence-electron chi connectivity index (χ3n) is 4.71. The molecule has 29 heavy (non-hydrogen) atoms. The molecule has 154 valence electrons. The highest BCUT2D eigenvalue weighted by atomic mass is 35.5. The lowest BCUT2D eigenvalue weighted by atomic mass is 9.99. The number of halogens is 1. The van der Waals surface area contributed by atoms with Gasteiger partial charge in [0.2, 0.25) is 11.8 Å². The van der Waals surface area contributed by atoms with Gasteiger partial charge in [-0.05, 0) is 29.7 Å². The maximum atomic E-state index is 12.5. The van der Waals surface area contributed by atoms with E-state index in [1.165, 1.54) is 11.8 Å². The minimum atomic E-state index is -0.138. The van der Waals surface area contributed by atoms with Gasteiger partial charge in [-0.25, -0.2) is 0 Å². The Morgan fingerprint density at radius 2 is 1.72 bits per heavy atom. The summed E-state index contributed by atoms with van der Waals surface area (Å²) < 4.78 is 5.26. The van der Waals surface area contributed by atoms with Gasteiger partial charge in [-0.15, -0.1) is 11.8 Å². The Morgan fingerprint density at radius 3 is 2.41 bits per heavy atom. The van der Waals surface area contributed by atoms with Gasteiger partial charge >= 0.3 is 0 Å². The van der Waals surface area contributed by atoms with E-state index in [4.69, 9.17) is 16.3 Å². The van der Waals surface area contributed by atoms with E-state index in [9.17, 15) is 9.59 Å². The fourth-order valence-corrected chi connectivity index (χ4v) is 4.02.